The first kappa shape index (κ1) is 16.2. The van der Waals surface area contributed by atoms with E-state index in [4.69, 9.17) is 11.6 Å². The molecule has 1 fully saturated rings. The molecule has 23 heavy (non-hydrogen) atoms. The van der Waals surface area contributed by atoms with Crippen LogP contribution in [-0.4, -0.2) is 43.9 Å². The van der Waals surface area contributed by atoms with Crippen molar-refractivity contribution >= 4 is 27.4 Å². The van der Waals surface area contributed by atoms with Crippen LogP contribution in [0.25, 0.3) is 0 Å². The van der Waals surface area contributed by atoms with Crippen molar-refractivity contribution in [3.05, 3.63) is 53.7 Å². The second-order valence-corrected chi connectivity index (χ2v) is 7.76. The Morgan fingerprint density at radius 3 is 2.43 bits per heavy atom. The monoisotopic (exact) mass is 351 g/mol. The number of rotatable bonds is 3. The number of benzene rings is 1. The summed E-state index contributed by atoms with van der Waals surface area (Å²) in [5, 5.41) is 0.529. The van der Waals surface area contributed by atoms with Gasteiger partial charge in [0.2, 0.25) is 10.0 Å². The minimum absolute atomic E-state index is 0.285. The Labute approximate surface area is 141 Å². The SMILES string of the molecule is O=S(=O)(c1ccc(Cl)cc1)N1CCCN(c2ccccn2)CC1. The van der Waals surface area contributed by atoms with Gasteiger partial charge in [0.25, 0.3) is 0 Å². The Balaban J connectivity index is 1.76. The molecule has 122 valence electrons. The Morgan fingerprint density at radius 2 is 1.74 bits per heavy atom. The molecule has 0 saturated carbocycles. The van der Waals surface area contributed by atoms with Crippen molar-refractivity contribution in [1.29, 1.82) is 0 Å². The molecule has 2 aromatic rings. The first-order valence-electron chi connectivity index (χ1n) is 7.49. The molecule has 1 aromatic heterocycles. The summed E-state index contributed by atoms with van der Waals surface area (Å²) in [7, 11) is -3.48. The third-order valence-electron chi connectivity index (χ3n) is 3.88. The van der Waals surface area contributed by atoms with Gasteiger partial charge in [0, 0.05) is 37.4 Å². The first-order valence-corrected chi connectivity index (χ1v) is 9.31. The lowest BCUT2D eigenvalue weighted by Crippen LogP contribution is -2.35. The molecule has 0 unspecified atom stereocenters. The van der Waals surface area contributed by atoms with E-state index in [0.717, 1.165) is 18.8 Å². The van der Waals surface area contributed by atoms with Gasteiger partial charge in [0.15, 0.2) is 0 Å². The second kappa shape index (κ2) is 6.86. The minimum atomic E-state index is -3.48. The number of nitrogens with zero attached hydrogens (tertiary/aromatic N) is 3. The molecular formula is C16H18ClN3O2S. The van der Waals surface area contributed by atoms with Crippen LogP contribution in [0.1, 0.15) is 6.42 Å². The zero-order valence-corrected chi connectivity index (χ0v) is 14.2. The van der Waals surface area contributed by atoms with E-state index >= 15 is 0 Å². The molecule has 5 nitrogen and oxygen atoms in total. The van der Waals surface area contributed by atoms with Crippen LogP contribution in [0.15, 0.2) is 53.6 Å². The lowest BCUT2D eigenvalue weighted by atomic mass is 10.3. The highest BCUT2D eigenvalue weighted by Gasteiger charge is 2.27. The summed E-state index contributed by atoms with van der Waals surface area (Å²) in [5.74, 6) is 0.887. The molecule has 0 bridgehead atoms. The summed E-state index contributed by atoms with van der Waals surface area (Å²) in [6, 6.07) is 12.1. The molecule has 1 saturated heterocycles. The molecule has 2 heterocycles. The molecule has 0 N–H and O–H groups in total. The molecule has 1 aliphatic rings. The largest absolute Gasteiger partial charge is 0.355 e. The summed E-state index contributed by atoms with van der Waals surface area (Å²) in [6.45, 7) is 2.38. The molecule has 0 radical (unpaired) electrons. The Hall–Kier alpha value is -1.63. The third kappa shape index (κ3) is 3.65. The van der Waals surface area contributed by atoms with Gasteiger partial charge in [-0.15, -0.1) is 0 Å². The zero-order chi connectivity index (χ0) is 16.3. The summed E-state index contributed by atoms with van der Waals surface area (Å²) >= 11 is 5.84. The predicted octanol–water partition coefficient (Wildman–Crippen LogP) is 2.64. The van der Waals surface area contributed by atoms with E-state index in [2.05, 4.69) is 9.88 Å². The van der Waals surface area contributed by atoms with Crippen LogP contribution < -0.4 is 4.90 Å². The number of hydrogen-bond donors (Lipinski definition) is 0. The fraction of sp³-hybridized carbons (Fsp3) is 0.312. The Morgan fingerprint density at radius 1 is 0.957 bits per heavy atom. The highest BCUT2D eigenvalue weighted by atomic mass is 35.5. The average molecular weight is 352 g/mol. The van der Waals surface area contributed by atoms with Crippen molar-refractivity contribution in [1.82, 2.24) is 9.29 Å². The molecule has 0 spiro atoms. The maximum atomic E-state index is 12.7. The van der Waals surface area contributed by atoms with Gasteiger partial charge in [-0.1, -0.05) is 17.7 Å². The molecule has 7 heteroatoms. The van der Waals surface area contributed by atoms with E-state index in [0.29, 0.717) is 24.7 Å². The standard InChI is InChI=1S/C16H18ClN3O2S/c17-14-5-7-15(8-6-14)23(21,22)20-11-3-10-19(12-13-20)16-4-1-2-9-18-16/h1-2,4-9H,3,10-13H2. The van der Waals surface area contributed by atoms with Gasteiger partial charge in [0.1, 0.15) is 5.82 Å². The van der Waals surface area contributed by atoms with Gasteiger partial charge in [0.05, 0.1) is 4.90 Å². The molecule has 3 rings (SSSR count). The summed E-state index contributed by atoms with van der Waals surface area (Å²) in [5.41, 5.74) is 0. The summed E-state index contributed by atoms with van der Waals surface area (Å²) in [6.07, 6.45) is 2.52. The van der Waals surface area contributed by atoms with Crippen LogP contribution in [0.4, 0.5) is 5.82 Å². The molecular weight excluding hydrogens is 334 g/mol. The van der Waals surface area contributed by atoms with Gasteiger partial charge in [-0.05, 0) is 42.8 Å². The first-order chi connectivity index (χ1) is 11.1. The van der Waals surface area contributed by atoms with Gasteiger partial charge in [-0.3, -0.25) is 0 Å². The van der Waals surface area contributed by atoms with Crippen LogP contribution in [0.3, 0.4) is 0 Å². The number of aromatic nitrogens is 1. The smallest absolute Gasteiger partial charge is 0.243 e. The van der Waals surface area contributed by atoms with Crippen LogP contribution in [-0.2, 0) is 10.0 Å². The number of hydrogen-bond acceptors (Lipinski definition) is 4. The lowest BCUT2D eigenvalue weighted by Gasteiger charge is -2.22. The van der Waals surface area contributed by atoms with Gasteiger partial charge >= 0.3 is 0 Å². The highest BCUT2D eigenvalue weighted by molar-refractivity contribution is 7.89. The summed E-state index contributed by atoms with van der Waals surface area (Å²) < 4.78 is 27.0. The zero-order valence-electron chi connectivity index (χ0n) is 12.6. The van der Waals surface area contributed by atoms with E-state index in [1.165, 1.54) is 0 Å². The normalized spacial score (nSPS) is 17.0. The van der Waals surface area contributed by atoms with E-state index in [1.54, 1.807) is 34.8 Å². The number of halogens is 1. The van der Waals surface area contributed by atoms with Crippen molar-refractivity contribution in [2.45, 2.75) is 11.3 Å². The Kier molecular flexibility index (Phi) is 4.84. The van der Waals surface area contributed by atoms with Crippen molar-refractivity contribution in [3.8, 4) is 0 Å². The number of anilines is 1. The molecule has 1 aromatic carbocycles. The van der Waals surface area contributed by atoms with E-state index in [1.807, 2.05) is 18.2 Å². The van der Waals surface area contributed by atoms with Crippen LogP contribution in [0, 0.1) is 0 Å². The van der Waals surface area contributed by atoms with Gasteiger partial charge in [-0.25, -0.2) is 13.4 Å². The molecule has 0 amide bonds. The topological polar surface area (TPSA) is 53.5 Å². The van der Waals surface area contributed by atoms with Crippen molar-refractivity contribution in [2.75, 3.05) is 31.1 Å². The van der Waals surface area contributed by atoms with Crippen molar-refractivity contribution < 1.29 is 8.42 Å². The minimum Gasteiger partial charge on any atom is -0.355 e. The van der Waals surface area contributed by atoms with Crippen molar-refractivity contribution in [2.24, 2.45) is 0 Å². The van der Waals surface area contributed by atoms with Gasteiger partial charge in [-0.2, -0.15) is 4.31 Å². The van der Waals surface area contributed by atoms with Crippen LogP contribution >= 0.6 is 11.6 Å². The molecule has 1 aliphatic heterocycles. The number of pyridine rings is 1. The fourth-order valence-electron chi connectivity index (χ4n) is 2.66. The fourth-order valence-corrected chi connectivity index (χ4v) is 4.26. The maximum absolute atomic E-state index is 12.7. The number of sulfonamides is 1. The lowest BCUT2D eigenvalue weighted by molar-refractivity contribution is 0.433. The highest BCUT2D eigenvalue weighted by Crippen LogP contribution is 2.21. The van der Waals surface area contributed by atoms with Crippen LogP contribution in [0.5, 0.6) is 0 Å². The van der Waals surface area contributed by atoms with E-state index < -0.39 is 10.0 Å². The second-order valence-electron chi connectivity index (χ2n) is 5.39. The van der Waals surface area contributed by atoms with Gasteiger partial charge < -0.3 is 4.90 Å². The third-order valence-corrected chi connectivity index (χ3v) is 6.04. The predicted molar refractivity (Wildman–Crippen MR) is 91.3 cm³/mol. The molecule has 0 atom stereocenters. The van der Waals surface area contributed by atoms with Crippen molar-refractivity contribution in [3.63, 3.8) is 0 Å². The maximum Gasteiger partial charge on any atom is 0.243 e. The summed E-state index contributed by atoms with van der Waals surface area (Å²) in [4.78, 5) is 6.75. The van der Waals surface area contributed by atoms with Crippen LogP contribution in [0.2, 0.25) is 5.02 Å². The molecule has 0 aliphatic carbocycles. The Bertz CT molecular complexity index is 751. The van der Waals surface area contributed by atoms with E-state index in [-0.39, 0.29) is 4.90 Å². The average Bonchev–Trinajstić information content (AvgIpc) is 2.83. The quantitative estimate of drug-likeness (QED) is 0.853. The van der Waals surface area contributed by atoms with E-state index in [9.17, 15) is 8.42 Å².